The zero-order valence-corrected chi connectivity index (χ0v) is 9.51. The van der Waals surface area contributed by atoms with Gasteiger partial charge in [0.25, 0.3) is 0 Å². The highest BCUT2D eigenvalue weighted by molar-refractivity contribution is 4.85. The van der Waals surface area contributed by atoms with Gasteiger partial charge in [-0.15, -0.1) is 6.58 Å². The highest BCUT2D eigenvalue weighted by Crippen LogP contribution is 2.27. The number of ether oxygens (including phenoxy) is 1. The van der Waals surface area contributed by atoms with Gasteiger partial charge in [0.1, 0.15) is 0 Å². The average Bonchev–Trinajstić information content (AvgIpc) is 2.19. The highest BCUT2D eigenvalue weighted by Gasteiger charge is 2.30. The zero-order chi connectivity index (χ0) is 10.4. The summed E-state index contributed by atoms with van der Waals surface area (Å²) < 4.78 is 5.79. The number of hydrogen-bond donors (Lipinski definition) is 1. The number of hydrogen-bond acceptors (Lipinski definition) is 2. The van der Waals surface area contributed by atoms with Crippen LogP contribution in [-0.4, -0.2) is 24.8 Å². The van der Waals surface area contributed by atoms with Gasteiger partial charge < -0.3 is 10.1 Å². The molecule has 0 amide bonds. The third-order valence-corrected chi connectivity index (χ3v) is 3.12. The van der Waals surface area contributed by atoms with Crippen LogP contribution in [0.15, 0.2) is 12.7 Å². The van der Waals surface area contributed by atoms with Crippen LogP contribution in [0.2, 0.25) is 0 Å². The van der Waals surface area contributed by atoms with E-state index in [0.29, 0.717) is 6.04 Å². The maximum atomic E-state index is 5.79. The summed E-state index contributed by atoms with van der Waals surface area (Å²) in [6.45, 7) is 10.1. The van der Waals surface area contributed by atoms with Crippen LogP contribution in [0.1, 0.15) is 39.5 Å². The monoisotopic (exact) mass is 197 g/mol. The van der Waals surface area contributed by atoms with Gasteiger partial charge in [0.05, 0.1) is 5.60 Å². The highest BCUT2D eigenvalue weighted by atomic mass is 16.5. The average molecular weight is 197 g/mol. The van der Waals surface area contributed by atoms with Crippen molar-refractivity contribution in [3.05, 3.63) is 12.7 Å². The van der Waals surface area contributed by atoms with Gasteiger partial charge in [-0.1, -0.05) is 13.0 Å². The normalized spacial score (nSPS) is 32.9. The van der Waals surface area contributed by atoms with Crippen molar-refractivity contribution in [2.45, 2.75) is 51.2 Å². The van der Waals surface area contributed by atoms with Crippen LogP contribution >= 0.6 is 0 Å². The molecule has 2 unspecified atom stereocenters. The summed E-state index contributed by atoms with van der Waals surface area (Å²) in [5, 5.41) is 3.56. The minimum absolute atomic E-state index is 0.101. The second-order valence-electron chi connectivity index (χ2n) is 4.37. The van der Waals surface area contributed by atoms with Gasteiger partial charge in [0, 0.05) is 12.6 Å². The molecule has 0 aromatic rings. The summed E-state index contributed by atoms with van der Waals surface area (Å²) in [5.74, 6) is 0. The maximum absolute atomic E-state index is 5.79. The van der Waals surface area contributed by atoms with Crippen LogP contribution in [0.5, 0.6) is 0 Å². The predicted molar refractivity (Wildman–Crippen MR) is 60.5 cm³/mol. The van der Waals surface area contributed by atoms with Gasteiger partial charge in [-0.05, 0) is 39.2 Å². The van der Waals surface area contributed by atoms with Gasteiger partial charge in [-0.2, -0.15) is 0 Å². The van der Waals surface area contributed by atoms with Crippen LogP contribution < -0.4 is 5.32 Å². The first-order valence-electron chi connectivity index (χ1n) is 5.68. The fourth-order valence-electron chi connectivity index (χ4n) is 1.94. The molecule has 1 fully saturated rings. The largest absolute Gasteiger partial charge is 0.375 e. The molecule has 0 radical (unpaired) electrons. The molecule has 1 aliphatic heterocycles. The Bertz CT molecular complexity index is 181. The van der Waals surface area contributed by atoms with Crippen molar-refractivity contribution in [1.29, 1.82) is 0 Å². The van der Waals surface area contributed by atoms with Crippen LogP contribution in [0.4, 0.5) is 0 Å². The molecule has 1 rings (SSSR count). The molecule has 14 heavy (non-hydrogen) atoms. The maximum Gasteiger partial charge on any atom is 0.0666 e. The minimum atomic E-state index is 0.101. The molecule has 0 aliphatic carbocycles. The van der Waals surface area contributed by atoms with E-state index in [2.05, 4.69) is 25.7 Å². The van der Waals surface area contributed by atoms with Crippen molar-refractivity contribution in [2.75, 3.05) is 13.2 Å². The molecule has 0 aromatic carbocycles. The van der Waals surface area contributed by atoms with Crippen molar-refractivity contribution in [2.24, 2.45) is 0 Å². The lowest BCUT2D eigenvalue weighted by atomic mass is 9.90. The van der Waals surface area contributed by atoms with E-state index >= 15 is 0 Å². The molecular weight excluding hydrogens is 174 g/mol. The fraction of sp³-hybridized carbons (Fsp3) is 0.833. The van der Waals surface area contributed by atoms with E-state index in [1.54, 1.807) is 0 Å². The van der Waals surface area contributed by atoms with Crippen molar-refractivity contribution >= 4 is 0 Å². The van der Waals surface area contributed by atoms with E-state index < -0.39 is 0 Å². The minimum Gasteiger partial charge on any atom is -0.375 e. The summed E-state index contributed by atoms with van der Waals surface area (Å²) in [6.07, 6.45) is 6.41. The fourth-order valence-corrected chi connectivity index (χ4v) is 1.94. The molecule has 0 spiro atoms. The van der Waals surface area contributed by atoms with E-state index in [9.17, 15) is 0 Å². The van der Waals surface area contributed by atoms with Crippen molar-refractivity contribution < 1.29 is 4.74 Å². The standard InChI is InChI=1S/C12H23NO/c1-4-6-8-13-11-7-9-14-12(3,5-2)10-11/h4,11,13H,1,5-10H2,2-3H3. The summed E-state index contributed by atoms with van der Waals surface area (Å²) >= 11 is 0. The number of rotatable bonds is 5. The van der Waals surface area contributed by atoms with E-state index in [-0.39, 0.29) is 5.60 Å². The Morgan fingerprint density at radius 2 is 2.43 bits per heavy atom. The predicted octanol–water partition coefficient (Wildman–Crippen LogP) is 2.50. The lowest BCUT2D eigenvalue weighted by molar-refractivity contribution is -0.0777. The lowest BCUT2D eigenvalue weighted by Gasteiger charge is -2.38. The van der Waals surface area contributed by atoms with Gasteiger partial charge in [-0.25, -0.2) is 0 Å². The quantitative estimate of drug-likeness (QED) is 0.540. The molecule has 2 heteroatoms. The Morgan fingerprint density at radius 3 is 3.07 bits per heavy atom. The summed E-state index contributed by atoms with van der Waals surface area (Å²) in [4.78, 5) is 0. The van der Waals surface area contributed by atoms with Gasteiger partial charge in [0.2, 0.25) is 0 Å². The Balaban J connectivity index is 2.29. The van der Waals surface area contributed by atoms with Crippen molar-refractivity contribution in [3.63, 3.8) is 0 Å². The van der Waals surface area contributed by atoms with E-state index in [1.165, 1.54) is 0 Å². The first-order chi connectivity index (χ1) is 6.70. The Hall–Kier alpha value is -0.340. The van der Waals surface area contributed by atoms with Crippen LogP contribution in [0.3, 0.4) is 0 Å². The summed E-state index contributed by atoms with van der Waals surface area (Å²) in [7, 11) is 0. The van der Waals surface area contributed by atoms with E-state index in [0.717, 1.165) is 38.8 Å². The molecule has 0 aromatic heterocycles. The molecule has 0 bridgehead atoms. The Kier molecular flexibility index (Phi) is 4.63. The van der Waals surface area contributed by atoms with Gasteiger partial charge in [-0.3, -0.25) is 0 Å². The van der Waals surface area contributed by atoms with Crippen LogP contribution in [-0.2, 0) is 4.74 Å². The van der Waals surface area contributed by atoms with Gasteiger partial charge in [0.15, 0.2) is 0 Å². The molecule has 82 valence electrons. The van der Waals surface area contributed by atoms with Crippen LogP contribution in [0, 0.1) is 0 Å². The molecule has 2 nitrogen and oxygen atoms in total. The van der Waals surface area contributed by atoms with Crippen molar-refractivity contribution in [3.8, 4) is 0 Å². The lowest BCUT2D eigenvalue weighted by Crippen LogP contribution is -2.45. The summed E-state index contributed by atoms with van der Waals surface area (Å²) in [6, 6.07) is 0.633. The summed E-state index contributed by atoms with van der Waals surface area (Å²) in [5.41, 5.74) is 0.101. The molecule has 1 heterocycles. The molecule has 1 aliphatic rings. The van der Waals surface area contributed by atoms with E-state index in [1.807, 2.05) is 6.08 Å². The van der Waals surface area contributed by atoms with E-state index in [4.69, 9.17) is 4.74 Å². The SMILES string of the molecule is C=CCCNC1CCOC(C)(CC)C1. The zero-order valence-electron chi connectivity index (χ0n) is 9.51. The third kappa shape index (κ3) is 3.43. The molecule has 1 N–H and O–H groups in total. The molecule has 1 saturated heterocycles. The first-order valence-corrected chi connectivity index (χ1v) is 5.68. The van der Waals surface area contributed by atoms with Crippen molar-refractivity contribution in [1.82, 2.24) is 5.32 Å². The van der Waals surface area contributed by atoms with Crippen LogP contribution in [0.25, 0.3) is 0 Å². The smallest absolute Gasteiger partial charge is 0.0666 e. The number of nitrogens with one attached hydrogen (secondary N) is 1. The third-order valence-electron chi connectivity index (χ3n) is 3.12. The Labute approximate surface area is 87.7 Å². The second kappa shape index (κ2) is 5.52. The molecule has 0 saturated carbocycles. The molecular formula is C12H23NO. The molecule has 2 atom stereocenters. The second-order valence-corrected chi connectivity index (χ2v) is 4.37. The van der Waals surface area contributed by atoms with Gasteiger partial charge >= 0.3 is 0 Å². The Morgan fingerprint density at radius 1 is 1.64 bits per heavy atom. The topological polar surface area (TPSA) is 21.3 Å². The first kappa shape index (κ1) is 11.7.